The summed E-state index contributed by atoms with van der Waals surface area (Å²) in [6.07, 6.45) is 2.29. The first-order valence-corrected chi connectivity index (χ1v) is 4.19. The average molecular weight is 156 g/mol. The Bertz CT molecular complexity index is 147. The lowest BCUT2D eigenvalue weighted by Gasteiger charge is -2.31. The Morgan fingerprint density at radius 2 is 2.45 bits per heavy atom. The van der Waals surface area contributed by atoms with Crippen LogP contribution in [0.5, 0.6) is 0 Å². The number of carbonyl (C=O) groups is 1. The van der Waals surface area contributed by atoms with Crippen LogP contribution in [0.4, 0.5) is 0 Å². The van der Waals surface area contributed by atoms with E-state index in [1.54, 1.807) is 6.92 Å². The first kappa shape index (κ1) is 8.53. The van der Waals surface area contributed by atoms with E-state index in [0.717, 1.165) is 19.5 Å². The zero-order chi connectivity index (χ0) is 8.27. The van der Waals surface area contributed by atoms with Gasteiger partial charge in [0.25, 0.3) is 0 Å². The first-order chi connectivity index (χ1) is 5.24. The van der Waals surface area contributed by atoms with Gasteiger partial charge in [0, 0.05) is 20.0 Å². The molecule has 1 atom stereocenters. The number of hydrogen-bond donors (Lipinski definition) is 1. The molecule has 0 aromatic carbocycles. The van der Waals surface area contributed by atoms with Crippen molar-refractivity contribution < 1.29 is 4.79 Å². The van der Waals surface area contributed by atoms with E-state index >= 15 is 0 Å². The molecule has 0 radical (unpaired) electrons. The highest BCUT2D eigenvalue weighted by Gasteiger charge is 2.19. The molecule has 0 aliphatic carbocycles. The molecule has 11 heavy (non-hydrogen) atoms. The lowest BCUT2D eigenvalue weighted by molar-refractivity contribution is -0.130. The third-order valence-corrected chi connectivity index (χ3v) is 2.30. The molecule has 1 rings (SSSR count). The van der Waals surface area contributed by atoms with Crippen LogP contribution in [0.15, 0.2) is 0 Å². The van der Waals surface area contributed by atoms with E-state index < -0.39 is 0 Å². The van der Waals surface area contributed by atoms with Crippen molar-refractivity contribution >= 4 is 5.91 Å². The van der Waals surface area contributed by atoms with Gasteiger partial charge in [0.05, 0.1) is 0 Å². The molecule has 1 aliphatic heterocycles. The molecule has 3 heteroatoms. The number of carbonyl (C=O) groups excluding carboxylic acids is 1. The van der Waals surface area contributed by atoms with Crippen LogP contribution < -0.4 is 5.73 Å². The minimum absolute atomic E-state index is 0.183. The number of likely N-dealkylation sites (tertiary alicyclic amines) is 1. The Morgan fingerprint density at radius 1 is 1.73 bits per heavy atom. The van der Waals surface area contributed by atoms with Gasteiger partial charge in [-0.25, -0.2) is 0 Å². The fraction of sp³-hybridized carbons (Fsp3) is 0.875. The van der Waals surface area contributed by atoms with E-state index in [1.165, 1.54) is 6.42 Å². The van der Waals surface area contributed by atoms with Crippen molar-refractivity contribution in [1.82, 2.24) is 4.90 Å². The van der Waals surface area contributed by atoms with Crippen molar-refractivity contribution in [3.63, 3.8) is 0 Å². The summed E-state index contributed by atoms with van der Waals surface area (Å²) in [6.45, 7) is 4.13. The number of nitrogens with two attached hydrogens (primary N) is 1. The van der Waals surface area contributed by atoms with Crippen molar-refractivity contribution in [2.45, 2.75) is 19.8 Å². The molecule has 0 spiro atoms. The van der Waals surface area contributed by atoms with Gasteiger partial charge in [-0.1, -0.05) is 0 Å². The van der Waals surface area contributed by atoms with Crippen molar-refractivity contribution in [3.8, 4) is 0 Å². The van der Waals surface area contributed by atoms with Crippen LogP contribution in [0.2, 0.25) is 0 Å². The Hall–Kier alpha value is -0.570. The molecule has 1 saturated heterocycles. The molecule has 2 N–H and O–H groups in total. The van der Waals surface area contributed by atoms with Crippen LogP contribution in [0.1, 0.15) is 19.8 Å². The zero-order valence-corrected chi connectivity index (χ0v) is 7.05. The van der Waals surface area contributed by atoms with E-state index in [-0.39, 0.29) is 5.91 Å². The fourth-order valence-corrected chi connectivity index (χ4v) is 1.54. The minimum atomic E-state index is 0.183. The largest absolute Gasteiger partial charge is 0.343 e. The summed E-state index contributed by atoms with van der Waals surface area (Å²) in [7, 11) is 0. The second kappa shape index (κ2) is 3.72. The molecule has 0 unspecified atom stereocenters. The second-order valence-corrected chi connectivity index (χ2v) is 3.21. The van der Waals surface area contributed by atoms with Gasteiger partial charge < -0.3 is 10.6 Å². The smallest absolute Gasteiger partial charge is 0.219 e. The van der Waals surface area contributed by atoms with E-state index in [1.807, 2.05) is 4.90 Å². The zero-order valence-electron chi connectivity index (χ0n) is 7.05. The van der Waals surface area contributed by atoms with Crippen LogP contribution >= 0.6 is 0 Å². The first-order valence-electron chi connectivity index (χ1n) is 4.19. The van der Waals surface area contributed by atoms with E-state index in [9.17, 15) is 4.79 Å². The van der Waals surface area contributed by atoms with Crippen LogP contribution in [0, 0.1) is 5.92 Å². The van der Waals surface area contributed by atoms with Crippen LogP contribution in [0.25, 0.3) is 0 Å². The highest BCUT2D eigenvalue weighted by Crippen LogP contribution is 2.14. The lowest BCUT2D eigenvalue weighted by Crippen LogP contribution is -2.40. The normalized spacial score (nSPS) is 25.3. The Kier molecular flexibility index (Phi) is 2.88. The van der Waals surface area contributed by atoms with Gasteiger partial charge in [0.1, 0.15) is 0 Å². The third-order valence-electron chi connectivity index (χ3n) is 2.30. The number of rotatable bonds is 1. The maximum Gasteiger partial charge on any atom is 0.219 e. The Morgan fingerprint density at radius 3 is 3.00 bits per heavy atom. The minimum Gasteiger partial charge on any atom is -0.343 e. The molecular formula is C8H16N2O. The van der Waals surface area contributed by atoms with Gasteiger partial charge in [-0.3, -0.25) is 4.79 Å². The molecule has 1 fully saturated rings. The Balaban J connectivity index is 2.39. The maximum absolute atomic E-state index is 10.9. The lowest BCUT2D eigenvalue weighted by atomic mass is 9.98. The van der Waals surface area contributed by atoms with Gasteiger partial charge in [-0.15, -0.1) is 0 Å². The topological polar surface area (TPSA) is 46.3 Å². The van der Waals surface area contributed by atoms with Gasteiger partial charge in [-0.05, 0) is 25.3 Å². The molecule has 0 aromatic rings. The third kappa shape index (κ3) is 2.19. The molecule has 64 valence electrons. The predicted molar refractivity (Wildman–Crippen MR) is 44.0 cm³/mol. The number of hydrogen-bond acceptors (Lipinski definition) is 2. The standard InChI is InChI=1S/C8H16N2O/c1-7(11)10-4-2-3-8(5-9)6-10/h8H,2-6,9H2,1H3/t8-/m1/s1. The maximum atomic E-state index is 10.9. The molecule has 1 aliphatic rings. The molecule has 1 heterocycles. The summed E-state index contributed by atoms with van der Waals surface area (Å²) in [5, 5.41) is 0. The quantitative estimate of drug-likeness (QED) is 0.589. The molecule has 1 amide bonds. The van der Waals surface area contributed by atoms with Crippen LogP contribution in [0.3, 0.4) is 0 Å². The van der Waals surface area contributed by atoms with Gasteiger partial charge >= 0.3 is 0 Å². The predicted octanol–water partition coefficient (Wildman–Crippen LogP) is 0.204. The Labute approximate surface area is 67.5 Å². The summed E-state index contributed by atoms with van der Waals surface area (Å²) in [5.74, 6) is 0.718. The monoisotopic (exact) mass is 156 g/mol. The van der Waals surface area contributed by atoms with E-state index in [4.69, 9.17) is 5.73 Å². The van der Waals surface area contributed by atoms with Crippen molar-refractivity contribution in [1.29, 1.82) is 0 Å². The van der Waals surface area contributed by atoms with Crippen LogP contribution in [-0.4, -0.2) is 30.4 Å². The molecule has 0 saturated carbocycles. The van der Waals surface area contributed by atoms with E-state index in [0.29, 0.717) is 12.5 Å². The second-order valence-electron chi connectivity index (χ2n) is 3.21. The summed E-state index contributed by atoms with van der Waals surface area (Å²) in [5.41, 5.74) is 5.53. The highest BCUT2D eigenvalue weighted by molar-refractivity contribution is 5.73. The summed E-state index contributed by atoms with van der Waals surface area (Å²) in [6, 6.07) is 0. The van der Waals surface area contributed by atoms with E-state index in [2.05, 4.69) is 0 Å². The highest BCUT2D eigenvalue weighted by atomic mass is 16.2. The molecule has 0 aromatic heterocycles. The van der Waals surface area contributed by atoms with Gasteiger partial charge in [0.15, 0.2) is 0 Å². The average Bonchev–Trinajstić information content (AvgIpc) is 2.05. The van der Waals surface area contributed by atoms with Gasteiger partial charge in [0.2, 0.25) is 5.91 Å². The SMILES string of the molecule is CC(=O)N1CCC[C@H](CN)C1. The number of amides is 1. The van der Waals surface area contributed by atoms with Crippen molar-refractivity contribution in [2.75, 3.05) is 19.6 Å². The summed E-state index contributed by atoms with van der Waals surface area (Å²) >= 11 is 0. The number of nitrogens with zero attached hydrogens (tertiary/aromatic N) is 1. The number of piperidine rings is 1. The molecule has 0 bridgehead atoms. The molecular weight excluding hydrogens is 140 g/mol. The van der Waals surface area contributed by atoms with Crippen molar-refractivity contribution in [2.24, 2.45) is 11.7 Å². The van der Waals surface area contributed by atoms with Crippen LogP contribution in [-0.2, 0) is 4.79 Å². The molecule has 3 nitrogen and oxygen atoms in total. The fourth-order valence-electron chi connectivity index (χ4n) is 1.54. The summed E-state index contributed by atoms with van der Waals surface area (Å²) < 4.78 is 0. The summed E-state index contributed by atoms with van der Waals surface area (Å²) in [4.78, 5) is 12.8. The van der Waals surface area contributed by atoms with Crippen molar-refractivity contribution in [3.05, 3.63) is 0 Å². The van der Waals surface area contributed by atoms with Gasteiger partial charge in [-0.2, -0.15) is 0 Å².